The molecule has 22 heavy (non-hydrogen) atoms. The molecule has 0 bridgehead atoms. The number of hydrogen-bond donors (Lipinski definition) is 1. The molecule has 0 aliphatic carbocycles. The fourth-order valence-corrected chi connectivity index (χ4v) is 4.44. The van der Waals surface area contributed by atoms with E-state index in [1.54, 1.807) is 4.72 Å². The number of aromatic nitrogens is 1. The Hall–Kier alpha value is -2.06. The van der Waals surface area contributed by atoms with Gasteiger partial charge in [0, 0.05) is 10.9 Å². The highest BCUT2D eigenvalue weighted by Gasteiger charge is 2.47. The van der Waals surface area contributed by atoms with Crippen molar-refractivity contribution >= 4 is 33.1 Å². The number of sulfonamides is 1. The number of thiazole rings is 1. The van der Waals surface area contributed by atoms with Crippen LogP contribution in [0.25, 0.3) is 10.6 Å². The molecule has 1 unspecified atom stereocenters. The number of carbonyl (C=O) groups excluding carboxylic acids is 2. The van der Waals surface area contributed by atoms with E-state index in [0.29, 0.717) is 5.01 Å². The Morgan fingerprint density at radius 1 is 1.18 bits per heavy atom. The lowest BCUT2D eigenvalue weighted by atomic mass is 10.1. The zero-order valence-corrected chi connectivity index (χ0v) is 13.4. The molecular weight excluding hydrogens is 324 g/mol. The predicted molar refractivity (Wildman–Crippen MR) is 81.8 cm³/mol. The van der Waals surface area contributed by atoms with Gasteiger partial charge in [0.15, 0.2) is 5.25 Å². The second-order valence-electron chi connectivity index (χ2n) is 5.10. The van der Waals surface area contributed by atoms with Crippen molar-refractivity contribution < 1.29 is 18.0 Å². The van der Waals surface area contributed by atoms with Gasteiger partial charge in [-0.2, -0.15) is 0 Å². The molecule has 1 atom stereocenters. The van der Waals surface area contributed by atoms with E-state index in [9.17, 15) is 18.0 Å². The maximum absolute atomic E-state index is 11.8. The van der Waals surface area contributed by atoms with Gasteiger partial charge in [-0.1, -0.05) is 12.1 Å². The monoisotopic (exact) mass is 336 g/mol. The molecule has 1 aliphatic rings. The minimum Gasteiger partial charge on any atom is -0.287 e. The van der Waals surface area contributed by atoms with Crippen molar-refractivity contribution in [2.75, 3.05) is 0 Å². The van der Waals surface area contributed by atoms with E-state index >= 15 is 0 Å². The largest absolute Gasteiger partial charge is 0.302 e. The third-order valence-corrected chi connectivity index (χ3v) is 6.01. The molecule has 1 amide bonds. The molecule has 0 saturated carbocycles. The first-order chi connectivity index (χ1) is 10.3. The van der Waals surface area contributed by atoms with Crippen LogP contribution in [0.1, 0.15) is 22.1 Å². The summed E-state index contributed by atoms with van der Waals surface area (Å²) in [7, 11) is -4.03. The Balaban J connectivity index is 2.02. The van der Waals surface area contributed by atoms with Crippen LogP contribution in [-0.4, -0.2) is 25.1 Å². The van der Waals surface area contributed by atoms with Gasteiger partial charge >= 0.3 is 5.91 Å². The quantitative estimate of drug-likeness (QED) is 0.839. The third kappa shape index (κ3) is 2.34. The Labute approximate surface area is 131 Å². The van der Waals surface area contributed by atoms with Gasteiger partial charge in [-0.3, -0.25) is 9.59 Å². The second-order valence-corrected chi connectivity index (χ2v) is 7.72. The summed E-state index contributed by atoms with van der Waals surface area (Å²) in [5, 5.41) is 0.572. The lowest BCUT2D eigenvalue weighted by molar-refractivity contribution is -0.135. The van der Waals surface area contributed by atoms with Crippen LogP contribution in [0.2, 0.25) is 0 Å². The lowest BCUT2D eigenvalue weighted by Gasteiger charge is -2.03. The SMILES string of the molecule is Cc1ccc(-c2nc(C3C(=O)C(=O)NS3(=O)=O)cs2)cc1C. The summed E-state index contributed by atoms with van der Waals surface area (Å²) in [4.78, 5) is 27.2. The zero-order chi connectivity index (χ0) is 16.1. The minimum atomic E-state index is -4.03. The van der Waals surface area contributed by atoms with E-state index < -0.39 is 27.0 Å². The van der Waals surface area contributed by atoms with Crippen molar-refractivity contribution in [1.82, 2.24) is 9.71 Å². The number of Topliss-reactive ketones (excluding diaryl/α,β-unsaturated/α-hetero) is 1. The Kier molecular flexibility index (Phi) is 3.37. The van der Waals surface area contributed by atoms with E-state index in [4.69, 9.17) is 0 Å². The van der Waals surface area contributed by atoms with Crippen LogP contribution >= 0.6 is 11.3 Å². The number of nitrogens with one attached hydrogen (secondary N) is 1. The summed E-state index contributed by atoms with van der Waals surface area (Å²) < 4.78 is 25.4. The maximum atomic E-state index is 11.8. The minimum absolute atomic E-state index is 0.0848. The Morgan fingerprint density at radius 2 is 1.91 bits per heavy atom. The first-order valence-corrected chi connectivity index (χ1v) is 8.85. The van der Waals surface area contributed by atoms with Gasteiger partial charge in [-0.25, -0.2) is 18.1 Å². The van der Waals surface area contributed by atoms with E-state index in [1.807, 2.05) is 32.0 Å². The molecule has 2 aromatic rings. The molecule has 0 radical (unpaired) electrons. The normalized spacial score (nSPS) is 20.2. The highest BCUT2D eigenvalue weighted by molar-refractivity contribution is 7.92. The molecular formula is C14H12N2O4S2. The molecule has 2 heterocycles. The van der Waals surface area contributed by atoms with Crippen LogP contribution in [0.3, 0.4) is 0 Å². The summed E-state index contributed by atoms with van der Waals surface area (Å²) in [5.41, 5.74) is 3.17. The zero-order valence-electron chi connectivity index (χ0n) is 11.8. The number of nitrogens with zero attached hydrogens (tertiary/aromatic N) is 1. The van der Waals surface area contributed by atoms with Crippen LogP contribution in [0.15, 0.2) is 23.6 Å². The average molecular weight is 336 g/mol. The number of hydrogen-bond acceptors (Lipinski definition) is 6. The van der Waals surface area contributed by atoms with Gasteiger partial charge in [-0.15, -0.1) is 11.3 Å². The van der Waals surface area contributed by atoms with Crippen molar-refractivity contribution in [1.29, 1.82) is 0 Å². The van der Waals surface area contributed by atoms with Gasteiger partial charge in [-0.05, 0) is 31.0 Å². The summed E-state index contributed by atoms with van der Waals surface area (Å²) in [6.45, 7) is 3.97. The van der Waals surface area contributed by atoms with E-state index in [-0.39, 0.29) is 5.69 Å². The number of rotatable bonds is 2. The molecule has 1 aromatic heterocycles. The Bertz CT molecular complexity index is 899. The summed E-state index contributed by atoms with van der Waals surface area (Å²) in [6, 6.07) is 5.79. The summed E-state index contributed by atoms with van der Waals surface area (Å²) in [6.07, 6.45) is 0. The lowest BCUT2D eigenvalue weighted by Crippen LogP contribution is -2.22. The number of carbonyl (C=O) groups is 2. The van der Waals surface area contributed by atoms with Crippen molar-refractivity contribution in [2.45, 2.75) is 19.1 Å². The van der Waals surface area contributed by atoms with E-state index in [0.717, 1.165) is 16.7 Å². The van der Waals surface area contributed by atoms with Crippen LogP contribution in [0.4, 0.5) is 0 Å². The first-order valence-electron chi connectivity index (χ1n) is 6.42. The van der Waals surface area contributed by atoms with E-state index in [1.165, 1.54) is 16.7 Å². The number of benzene rings is 1. The van der Waals surface area contributed by atoms with Crippen molar-refractivity contribution in [3.8, 4) is 10.6 Å². The molecule has 114 valence electrons. The molecule has 1 aliphatic heterocycles. The predicted octanol–water partition coefficient (Wildman–Crippen LogP) is 1.50. The Morgan fingerprint density at radius 3 is 2.50 bits per heavy atom. The van der Waals surface area contributed by atoms with E-state index in [2.05, 4.69) is 4.98 Å². The standard InChI is InChI=1S/C14H12N2O4S2/c1-7-3-4-9(5-8(7)2)14-15-10(6-21-14)12-11(17)13(18)16-22(12,19)20/h3-6,12H,1-2H3,(H,16,18). The number of amides is 1. The molecule has 1 saturated heterocycles. The van der Waals surface area contributed by atoms with Gasteiger partial charge in [0.05, 0.1) is 5.69 Å². The molecule has 0 spiro atoms. The molecule has 1 N–H and O–H groups in total. The summed E-state index contributed by atoms with van der Waals surface area (Å²) in [5.74, 6) is -2.09. The molecule has 1 fully saturated rings. The van der Waals surface area contributed by atoms with Crippen LogP contribution in [0, 0.1) is 13.8 Å². The third-order valence-electron chi connectivity index (χ3n) is 3.55. The molecule has 6 nitrogen and oxygen atoms in total. The average Bonchev–Trinajstić information content (AvgIpc) is 2.97. The van der Waals surface area contributed by atoms with Crippen molar-refractivity contribution in [2.24, 2.45) is 0 Å². The highest BCUT2D eigenvalue weighted by Crippen LogP contribution is 2.32. The molecule has 3 rings (SSSR count). The highest BCUT2D eigenvalue weighted by atomic mass is 32.2. The number of ketones is 1. The van der Waals surface area contributed by atoms with Crippen molar-refractivity contribution in [3.05, 3.63) is 40.4 Å². The fraction of sp³-hybridized carbons (Fsp3) is 0.214. The van der Waals surface area contributed by atoms with Gasteiger partial charge in [0.2, 0.25) is 5.78 Å². The fourth-order valence-electron chi connectivity index (χ4n) is 2.21. The molecule has 1 aromatic carbocycles. The number of aryl methyl sites for hydroxylation is 2. The van der Waals surface area contributed by atoms with Gasteiger partial charge in [0.25, 0.3) is 10.0 Å². The maximum Gasteiger partial charge on any atom is 0.302 e. The molecule has 8 heteroatoms. The van der Waals surface area contributed by atoms with Gasteiger partial charge in [0.1, 0.15) is 5.01 Å². The van der Waals surface area contributed by atoms with Gasteiger partial charge < -0.3 is 0 Å². The second kappa shape index (κ2) is 4.99. The van der Waals surface area contributed by atoms with Crippen LogP contribution in [0.5, 0.6) is 0 Å². The first kappa shape index (κ1) is 14.9. The smallest absolute Gasteiger partial charge is 0.287 e. The summed E-state index contributed by atoms with van der Waals surface area (Å²) >= 11 is 1.24. The topological polar surface area (TPSA) is 93.2 Å². The van der Waals surface area contributed by atoms with Crippen molar-refractivity contribution in [3.63, 3.8) is 0 Å². The van der Waals surface area contributed by atoms with Crippen LogP contribution in [-0.2, 0) is 19.6 Å². The van der Waals surface area contributed by atoms with Crippen LogP contribution < -0.4 is 4.72 Å².